The van der Waals surface area contributed by atoms with E-state index in [0.29, 0.717) is 29.4 Å². The van der Waals surface area contributed by atoms with Crippen LogP contribution >= 0.6 is 27.5 Å². The SMILES string of the molecule is CCOc1cc(/C=C2\C(=O)NC(=O)N(c3ccc(Br)cc3)C2=O)cc(Cl)c1OCCOc1c(C)cccc1C. The number of amides is 4. The molecule has 1 fully saturated rings. The third-order valence-electron chi connectivity index (χ3n) is 5.81. The van der Waals surface area contributed by atoms with E-state index in [1.807, 2.05) is 39.0 Å². The molecule has 0 aromatic heterocycles. The third-order valence-corrected chi connectivity index (χ3v) is 6.62. The van der Waals surface area contributed by atoms with Gasteiger partial charge in [-0.1, -0.05) is 45.7 Å². The first-order valence-electron chi connectivity index (χ1n) is 12.1. The quantitative estimate of drug-likeness (QED) is 0.174. The van der Waals surface area contributed by atoms with Crippen molar-refractivity contribution in [3.63, 3.8) is 0 Å². The zero-order valence-electron chi connectivity index (χ0n) is 21.5. The molecule has 0 bridgehead atoms. The van der Waals surface area contributed by atoms with Crippen LogP contribution in [-0.4, -0.2) is 37.7 Å². The summed E-state index contributed by atoms with van der Waals surface area (Å²) in [4.78, 5) is 39.2. The molecule has 3 aromatic carbocycles. The van der Waals surface area contributed by atoms with E-state index in [4.69, 9.17) is 25.8 Å². The van der Waals surface area contributed by atoms with Gasteiger partial charge < -0.3 is 14.2 Å². The number of carbonyl (C=O) groups excluding carboxylic acids is 3. The molecule has 1 saturated heterocycles. The van der Waals surface area contributed by atoms with Crippen molar-refractivity contribution in [2.45, 2.75) is 20.8 Å². The molecule has 0 saturated carbocycles. The van der Waals surface area contributed by atoms with Gasteiger partial charge in [-0.25, -0.2) is 9.69 Å². The predicted molar refractivity (Wildman–Crippen MR) is 153 cm³/mol. The number of barbiturate groups is 1. The minimum absolute atomic E-state index is 0.207. The molecule has 8 nitrogen and oxygen atoms in total. The molecular weight excluding hydrogens is 588 g/mol. The molecule has 1 aliphatic rings. The van der Waals surface area contributed by atoms with E-state index < -0.39 is 17.8 Å². The van der Waals surface area contributed by atoms with Gasteiger partial charge in [-0.3, -0.25) is 14.9 Å². The normalized spacial score (nSPS) is 14.4. The van der Waals surface area contributed by atoms with Gasteiger partial charge in [0.2, 0.25) is 0 Å². The van der Waals surface area contributed by atoms with E-state index in [-0.39, 0.29) is 23.8 Å². The Balaban J connectivity index is 1.55. The molecule has 4 amide bonds. The summed E-state index contributed by atoms with van der Waals surface area (Å²) in [7, 11) is 0. The van der Waals surface area contributed by atoms with Gasteiger partial charge in [0.15, 0.2) is 11.5 Å². The number of urea groups is 1. The van der Waals surface area contributed by atoms with Crippen LogP contribution in [0.15, 0.2) is 64.6 Å². The zero-order valence-corrected chi connectivity index (χ0v) is 23.9. The number of halogens is 2. The van der Waals surface area contributed by atoms with Crippen LogP contribution in [0.3, 0.4) is 0 Å². The number of hydrogen-bond acceptors (Lipinski definition) is 6. The van der Waals surface area contributed by atoms with Crippen LogP contribution in [0, 0.1) is 13.8 Å². The lowest BCUT2D eigenvalue weighted by Crippen LogP contribution is -2.54. The smallest absolute Gasteiger partial charge is 0.335 e. The van der Waals surface area contributed by atoms with Crippen molar-refractivity contribution in [2.24, 2.45) is 0 Å². The molecule has 1 aliphatic heterocycles. The van der Waals surface area contributed by atoms with E-state index in [0.717, 1.165) is 26.2 Å². The molecular formula is C29H26BrClN2O6. The summed E-state index contributed by atoms with van der Waals surface area (Å²) in [6, 6.07) is 14.8. The van der Waals surface area contributed by atoms with Gasteiger partial charge in [-0.15, -0.1) is 0 Å². The fourth-order valence-electron chi connectivity index (χ4n) is 4.04. The Kier molecular flexibility index (Phi) is 8.93. The summed E-state index contributed by atoms with van der Waals surface area (Å²) >= 11 is 9.86. The Morgan fingerprint density at radius 2 is 1.56 bits per heavy atom. The molecule has 1 N–H and O–H groups in total. The van der Waals surface area contributed by atoms with Gasteiger partial charge in [0.1, 0.15) is 24.5 Å². The van der Waals surface area contributed by atoms with Crippen LogP contribution in [0.25, 0.3) is 6.08 Å². The number of rotatable bonds is 9. The van der Waals surface area contributed by atoms with Crippen molar-refractivity contribution in [2.75, 3.05) is 24.7 Å². The Morgan fingerprint density at radius 3 is 2.21 bits per heavy atom. The van der Waals surface area contributed by atoms with Crippen molar-refractivity contribution in [1.82, 2.24) is 5.32 Å². The first kappa shape index (κ1) is 28.2. The van der Waals surface area contributed by atoms with Crippen LogP contribution in [0.2, 0.25) is 5.02 Å². The van der Waals surface area contributed by atoms with Gasteiger partial charge in [0.05, 0.1) is 17.3 Å². The Morgan fingerprint density at radius 1 is 0.923 bits per heavy atom. The number of aryl methyl sites for hydroxylation is 2. The van der Waals surface area contributed by atoms with E-state index in [9.17, 15) is 14.4 Å². The number of hydrogen-bond donors (Lipinski definition) is 1. The van der Waals surface area contributed by atoms with Crippen LogP contribution in [0.4, 0.5) is 10.5 Å². The summed E-state index contributed by atoms with van der Waals surface area (Å²) in [5.74, 6) is -0.101. The second kappa shape index (κ2) is 12.4. The number of nitrogens with zero attached hydrogens (tertiary/aromatic N) is 1. The maximum atomic E-state index is 13.2. The average molecular weight is 614 g/mol. The average Bonchev–Trinajstić information content (AvgIpc) is 2.88. The Labute approximate surface area is 239 Å². The summed E-state index contributed by atoms with van der Waals surface area (Å²) in [6.07, 6.45) is 1.36. The van der Waals surface area contributed by atoms with Crippen molar-refractivity contribution >= 4 is 57.1 Å². The van der Waals surface area contributed by atoms with E-state index in [1.165, 1.54) is 6.08 Å². The maximum Gasteiger partial charge on any atom is 0.335 e. The highest BCUT2D eigenvalue weighted by Crippen LogP contribution is 2.38. The first-order valence-corrected chi connectivity index (χ1v) is 13.3. The highest BCUT2D eigenvalue weighted by atomic mass is 79.9. The van der Waals surface area contributed by atoms with Gasteiger partial charge in [-0.2, -0.15) is 0 Å². The maximum absolute atomic E-state index is 13.2. The van der Waals surface area contributed by atoms with E-state index in [1.54, 1.807) is 36.4 Å². The molecule has 0 spiro atoms. The van der Waals surface area contributed by atoms with Gasteiger partial charge in [-0.05, 0) is 79.9 Å². The molecule has 10 heteroatoms. The number of benzene rings is 3. The number of carbonyl (C=O) groups is 3. The van der Waals surface area contributed by atoms with Crippen LogP contribution < -0.4 is 24.4 Å². The highest BCUT2D eigenvalue weighted by Gasteiger charge is 2.36. The summed E-state index contributed by atoms with van der Waals surface area (Å²) in [5.41, 5.74) is 2.57. The number of nitrogens with one attached hydrogen (secondary N) is 1. The molecule has 0 radical (unpaired) electrons. The van der Waals surface area contributed by atoms with Gasteiger partial charge >= 0.3 is 6.03 Å². The predicted octanol–water partition coefficient (Wildman–Crippen LogP) is 6.24. The molecule has 3 aromatic rings. The second-order valence-electron chi connectivity index (χ2n) is 8.62. The minimum atomic E-state index is -0.829. The molecule has 1 heterocycles. The van der Waals surface area contributed by atoms with Crippen molar-refractivity contribution in [3.8, 4) is 17.2 Å². The molecule has 0 atom stereocenters. The van der Waals surface area contributed by atoms with Crippen LogP contribution in [0.1, 0.15) is 23.6 Å². The number of anilines is 1. The van der Waals surface area contributed by atoms with Crippen LogP contribution in [0.5, 0.6) is 17.2 Å². The largest absolute Gasteiger partial charge is 0.490 e. The lowest BCUT2D eigenvalue weighted by molar-refractivity contribution is -0.122. The number of imide groups is 2. The minimum Gasteiger partial charge on any atom is -0.490 e. The van der Waals surface area contributed by atoms with Crippen LogP contribution in [-0.2, 0) is 9.59 Å². The topological polar surface area (TPSA) is 94.2 Å². The molecule has 4 rings (SSSR count). The third kappa shape index (κ3) is 6.43. The standard InChI is InChI=1S/C29H26BrClN2O6/c1-4-37-24-16-19(15-23(31)26(24)39-13-12-38-25-17(2)6-5-7-18(25)3)14-22-27(34)32-29(36)33(28(22)35)21-10-8-20(30)9-11-21/h5-11,14-16H,4,12-13H2,1-3H3,(H,32,34,36)/b22-14+. The Bertz CT molecular complexity index is 1430. The number of ether oxygens (including phenoxy) is 3. The first-order chi connectivity index (χ1) is 18.7. The number of para-hydroxylation sites is 1. The van der Waals surface area contributed by atoms with E-state index >= 15 is 0 Å². The zero-order chi connectivity index (χ0) is 28.1. The summed E-state index contributed by atoms with van der Waals surface area (Å²) < 4.78 is 18.3. The monoisotopic (exact) mass is 612 g/mol. The molecule has 0 unspecified atom stereocenters. The van der Waals surface area contributed by atoms with Crippen molar-refractivity contribution < 1.29 is 28.6 Å². The summed E-state index contributed by atoms with van der Waals surface area (Å²) in [6.45, 7) is 6.59. The fourth-order valence-corrected chi connectivity index (χ4v) is 4.58. The second-order valence-corrected chi connectivity index (χ2v) is 9.94. The van der Waals surface area contributed by atoms with Crippen molar-refractivity contribution in [3.05, 3.63) is 86.4 Å². The fraction of sp³-hybridized carbons (Fsp3) is 0.207. The van der Waals surface area contributed by atoms with Gasteiger partial charge in [0, 0.05) is 4.47 Å². The van der Waals surface area contributed by atoms with Crippen molar-refractivity contribution in [1.29, 1.82) is 0 Å². The lowest BCUT2D eigenvalue weighted by atomic mass is 10.1. The molecule has 0 aliphatic carbocycles. The lowest BCUT2D eigenvalue weighted by Gasteiger charge is -2.26. The summed E-state index contributed by atoms with van der Waals surface area (Å²) in [5, 5.41) is 2.44. The van der Waals surface area contributed by atoms with E-state index in [2.05, 4.69) is 21.2 Å². The Hall–Kier alpha value is -3.82. The molecule has 202 valence electrons. The van der Waals surface area contributed by atoms with Gasteiger partial charge in [0.25, 0.3) is 11.8 Å². The highest BCUT2D eigenvalue weighted by molar-refractivity contribution is 9.10. The molecule has 39 heavy (non-hydrogen) atoms.